The summed E-state index contributed by atoms with van der Waals surface area (Å²) < 4.78 is 6.41. The van der Waals surface area contributed by atoms with Crippen LogP contribution in [-0.2, 0) is 0 Å². The van der Waals surface area contributed by atoms with Crippen LogP contribution in [0, 0.1) is 0 Å². The van der Waals surface area contributed by atoms with Gasteiger partial charge in [0.05, 0.1) is 17.2 Å². The Bertz CT molecular complexity index is 357. The van der Waals surface area contributed by atoms with E-state index in [1.54, 1.807) is 0 Å². The Labute approximate surface area is 111 Å². The smallest absolute Gasteiger partial charge is 0.133 e. The highest BCUT2D eigenvalue weighted by molar-refractivity contribution is 9.10. The quantitative estimate of drug-likeness (QED) is 0.849. The zero-order valence-electron chi connectivity index (χ0n) is 10.3. The maximum Gasteiger partial charge on any atom is 0.133 e. The van der Waals surface area contributed by atoms with Gasteiger partial charge in [0.2, 0.25) is 0 Å². The lowest BCUT2D eigenvalue weighted by molar-refractivity contribution is 0.165. The third-order valence-corrected chi connectivity index (χ3v) is 3.34. The molecule has 4 heteroatoms. The molecule has 0 bridgehead atoms. The van der Waals surface area contributed by atoms with Gasteiger partial charge in [0.1, 0.15) is 5.75 Å². The second-order valence-corrected chi connectivity index (χ2v) is 5.00. The molecule has 1 rings (SSSR count). The van der Waals surface area contributed by atoms with Crippen molar-refractivity contribution in [1.82, 2.24) is 0 Å². The standard InChI is InChI=1S/C13H20BrNO2/c1-3-17-13-5-4-10(7-12(13)14)9(2)6-11(16)8-15/h4-5,7,9,11,16H,3,6,8,15H2,1-2H3. The summed E-state index contributed by atoms with van der Waals surface area (Å²) in [5.41, 5.74) is 6.59. The monoisotopic (exact) mass is 301 g/mol. The van der Waals surface area contributed by atoms with E-state index in [1.165, 1.54) is 5.56 Å². The Morgan fingerprint density at radius 3 is 2.71 bits per heavy atom. The normalized spacial score (nSPS) is 14.4. The molecule has 0 fully saturated rings. The summed E-state index contributed by atoms with van der Waals surface area (Å²) >= 11 is 3.49. The van der Waals surface area contributed by atoms with Crippen LogP contribution in [0.15, 0.2) is 22.7 Å². The fourth-order valence-corrected chi connectivity index (χ4v) is 2.25. The van der Waals surface area contributed by atoms with E-state index >= 15 is 0 Å². The van der Waals surface area contributed by atoms with Gasteiger partial charge in [0, 0.05) is 6.54 Å². The fraction of sp³-hybridized carbons (Fsp3) is 0.538. The van der Waals surface area contributed by atoms with E-state index in [0.717, 1.165) is 10.2 Å². The van der Waals surface area contributed by atoms with Crippen molar-refractivity contribution in [2.24, 2.45) is 5.73 Å². The van der Waals surface area contributed by atoms with Gasteiger partial charge in [0.25, 0.3) is 0 Å². The van der Waals surface area contributed by atoms with Crippen LogP contribution in [0.4, 0.5) is 0 Å². The Morgan fingerprint density at radius 1 is 1.47 bits per heavy atom. The first kappa shape index (κ1) is 14.5. The minimum absolute atomic E-state index is 0.278. The fourth-order valence-electron chi connectivity index (χ4n) is 1.74. The van der Waals surface area contributed by atoms with E-state index < -0.39 is 6.10 Å². The zero-order chi connectivity index (χ0) is 12.8. The first-order chi connectivity index (χ1) is 8.08. The molecule has 0 aliphatic heterocycles. The molecule has 0 aromatic heterocycles. The van der Waals surface area contributed by atoms with Crippen LogP contribution in [0.25, 0.3) is 0 Å². The number of rotatable bonds is 6. The number of aliphatic hydroxyl groups is 1. The second-order valence-electron chi connectivity index (χ2n) is 4.15. The number of benzene rings is 1. The van der Waals surface area contributed by atoms with Crippen molar-refractivity contribution in [3.05, 3.63) is 28.2 Å². The molecule has 0 heterocycles. The van der Waals surface area contributed by atoms with Crippen LogP contribution in [0.5, 0.6) is 5.75 Å². The average molecular weight is 302 g/mol. The third kappa shape index (κ3) is 4.30. The average Bonchev–Trinajstić information content (AvgIpc) is 2.31. The van der Waals surface area contributed by atoms with Crippen LogP contribution in [0.2, 0.25) is 0 Å². The Kier molecular flexibility index (Phi) is 5.95. The van der Waals surface area contributed by atoms with Gasteiger partial charge < -0.3 is 15.6 Å². The number of aliphatic hydroxyl groups excluding tert-OH is 1. The van der Waals surface area contributed by atoms with Gasteiger partial charge in [0.15, 0.2) is 0 Å². The van der Waals surface area contributed by atoms with Gasteiger partial charge in [-0.3, -0.25) is 0 Å². The SMILES string of the molecule is CCOc1ccc(C(C)CC(O)CN)cc1Br. The summed E-state index contributed by atoms with van der Waals surface area (Å²) in [4.78, 5) is 0. The summed E-state index contributed by atoms with van der Waals surface area (Å²) in [6, 6.07) is 6.02. The first-order valence-electron chi connectivity index (χ1n) is 5.88. The summed E-state index contributed by atoms with van der Waals surface area (Å²) in [6.45, 7) is 5.00. The van der Waals surface area contributed by atoms with Gasteiger partial charge >= 0.3 is 0 Å². The van der Waals surface area contributed by atoms with Gasteiger partial charge in [-0.25, -0.2) is 0 Å². The summed E-state index contributed by atoms with van der Waals surface area (Å²) in [5, 5.41) is 9.54. The predicted octanol–water partition coefficient (Wildman–Crippen LogP) is 2.66. The molecule has 0 radical (unpaired) electrons. The highest BCUT2D eigenvalue weighted by Crippen LogP contribution is 2.30. The molecule has 0 amide bonds. The Hall–Kier alpha value is -0.580. The van der Waals surface area contributed by atoms with E-state index in [1.807, 2.05) is 25.1 Å². The van der Waals surface area contributed by atoms with E-state index in [0.29, 0.717) is 19.6 Å². The molecule has 0 saturated heterocycles. The number of nitrogens with two attached hydrogens (primary N) is 1. The molecule has 1 aromatic rings. The second kappa shape index (κ2) is 6.99. The van der Waals surface area contributed by atoms with Gasteiger partial charge in [-0.1, -0.05) is 13.0 Å². The van der Waals surface area contributed by atoms with Crippen LogP contribution in [-0.4, -0.2) is 24.4 Å². The van der Waals surface area contributed by atoms with Crippen LogP contribution in [0.3, 0.4) is 0 Å². The molecular weight excluding hydrogens is 282 g/mol. The number of ether oxygens (including phenoxy) is 1. The molecule has 0 aliphatic rings. The zero-order valence-corrected chi connectivity index (χ0v) is 11.9. The van der Waals surface area contributed by atoms with Crippen LogP contribution in [0.1, 0.15) is 31.7 Å². The van der Waals surface area contributed by atoms with E-state index in [2.05, 4.69) is 22.9 Å². The van der Waals surface area contributed by atoms with Gasteiger partial charge in [-0.05, 0) is 52.9 Å². The maximum atomic E-state index is 9.54. The maximum absolute atomic E-state index is 9.54. The summed E-state index contributed by atoms with van der Waals surface area (Å²) in [6.07, 6.45) is 0.243. The highest BCUT2D eigenvalue weighted by Gasteiger charge is 2.12. The predicted molar refractivity (Wildman–Crippen MR) is 73.4 cm³/mol. The van der Waals surface area contributed by atoms with Crippen molar-refractivity contribution < 1.29 is 9.84 Å². The Balaban J connectivity index is 2.75. The summed E-state index contributed by atoms with van der Waals surface area (Å²) in [5.74, 6) is 1.13. The molecule has 1 aromatic carbocycles. The highest BCUT2D eigenvalue weighted by atomic mass is 79.9. The molecular formula is C13H20BrNO2. The van der Waals surface area contributed by atoms with E-state index in [4.69, 9.17) is 10.5 Å². The molecule has 3 N–H and O–H groups in total. The van der Waals surface area contributed by atoms with E-state index in [-0.39, 0.29) is 5.92 Å². The molecule has 2 atom stereocenters. The topological polar surface area (TPSA) is 55.5 Å². The number of halogens is 1. The van der Waals surface area contributed by atoms with Crippen molar-refractivity contribution in [3.8, 4) is 5.75 Å². The summed E-state index contributed by atoms with van der Waals surface area (Å²) in [7, 11) is 0. The number of hydrogen-bond donors (Lipinski definition) is 2. The van der Waals surface area contributed by atoms with Crippen molar-refractivity contribution in [1.29, 1.82) is 0 Å². The lowest BCUT2D eigenvalue weighted by atomic mass is 9.95. The lowest BCUT2D eigenvalue weighted by Crippen LogP contribution is -2.21. The lowest BCUT2D eigenvalue weighted by Gasteiger charge is -2.16. The van der Waals surface area contributed by atoms with Gasteiger partial charge in [-0.15, -0.1) is 0 Å². The minimum Gasteiger partial charge on any atom is -0.493 e. The van der Waals surface area contributed by atoms with Crippen molar-refractivity contribution in [2.75, 3.05) is 13.2 Å². The third-order valence-electron chi connectivity index (χ3n) is 2.72. The molecule has 3 nitrogen and oxygen atoms in total. The minimum atomic E-state index is -0.435. The molecule has 0 saturated carbocycles. The van der Waals surface area contributed by atoms with Crippen molar-refractivity contribution >= 4 is 15.9 Å². The molecule has 0 aliphatic carbocycles. The number of hydrogen-bond acceptors (Lipinski definition) is 3. The van der Waals surface area contributed by atoms with Crippen LogP contribution < -0.4 is 10.5 Å². The van der Waals surface area contributed by atoms with Crippen molar-refractivity contribution in [3.63, 3.8) is 0 Å². The first-order valence-corrected chi connectivity index (χ1v) is 6.68. The van der Waals surface area contributed by atoms with Gasteiger partial charge in [-0.2, -0.15) is 0 Å². The molecule has 2 unspecified atom stereocenters. The molecule has 0 spiro atoms. The van der Waals surface area contributed by atoms with Crippen molar-refractivity contribution in [2.45, 2.75) is 32.3 Å². The Morgan fingerprint density at radius 2 is 2.18 bits per heavy atom. The van der Waals surface area contributed by atoms with E-state index in [9.17, 15) is 5.11 Å². The van der Waals surface area contributed by atoms with Crippen LogP contribution >= 0.6 is 15.9 Å². The largest absolute Gasteiger partial charge is 0.493 e. The molecule has 17 heavy (non-hydrogen) atoms. The molecule has 96 valence electrons.